The second kappa shape index (κ2) is 3.93. The summed E-state index contributed by atoms with van der Waals surface area (Å²) in [6.07, 6.45) is 1.43. The third-order valence-corrected chi connectivity index (χ3v) is 4.56. The van der Waals surface area contributed by atoms with Gasteiger partial charge in [-0.05, 0) is 23.7 Å². The Hall–Kier alpha value is -1.66. The average molecular weight is 282 g/mol. The molecule has 1 aromatic heterocycles. The summed E-state index contributed by atoms with van der Waals surface area (Å²) in [6, 6.07) is 6.71. The number of para-hydroxylation sites is 1. The molecule has 1 aliphatic rings. The Morgan fingerprint density at radius 2 is 2.06 bits per heavy atom. The van der Waals surface area contributed by atoms with Crippen LogP contribution in [0.3, 0.4) is 0 Å². The molecule has 2 heterocycles. The van der Waals surface area contributed by atoms with Crippen molar-refractivity contribution in [3.63, 3.8) is 0 Å². The first-order chi connectivity index (χ1) is 8.56. The highest BCUT2D eigenvalue weighted by atomic mass is 35.5. The fourth-order valence-electron chi connectivity index (χ4n) is 1.85. The van der Waals surface area contributed by atoms with Crippen molar-refractivity contribution < 1.29 is 8.42 Å². The monoisotopic (exact) mass is 281 g/mol. The third-order valence-electron chi connectivity index (χ3n) is 2.66. The van der Waals surface area contributed by atoms with Crippen LogP contribution < -0.4 is 5.32 Å². The van der Waals surface area contributed by atoms with Gasteiger partial charge in [-0.25, -0.2) is 18.4 Å². The summed E-state index contributed by atoms with van der Waals surface area (Å²) in [5.41, 5.74) is 1.02. The molecular formula is C11H8ClN3O2S. The molecule has 18 heavy (non-hydrogen) atoms. The molecule has 5 nitrogen and oxygen atoms in total. The summed E-state index contributed by atoms with van der Waals surface area (Å²) in [7, 11) is -3.39. The van der Waals surface area contributed by atoms with Crippen LogP contribution in [0.15, 0.2) is 35.4 Å². The van der Waals surface area contributed by atoms with Crippen LogP contribution in [0.1, 0.15) is 5.56 Å². The number of rotatable bonds is 0. The molecule has 0 saturated heterocycles. The Bertz CT molecular complexity index is 731. The Labute approximate surface area is 109 Å². The first-order valence-corrected chi connectivity index (χ1v) is 7.19. The second-order valence-corrected chi connectivity index (χ2v) is 6.19. The van der Waals surface area contributed by atoms with E-state index in [0.717, 1.165) is 0 Å². The van der Waals surface area contributed by atoms with E-state index in [-0.39, 0.29) is 15.9 Å². The van der Waals surface area contributed by atoms with Gasteiger partial charge in [0.1, 0.15) is 5.82 Å². The number of hydrogen-bond acceptors (Lipinski definition) is 5. The number of nitrogens with one attached hydrogen (secondary N) is 1. The maximum atomic E-state index is 12.2. The third kappa shape index (κ3) is 1.83. The Morgan fingerprint density at radius 1 is 1.28 bits per heavy atom. The summed E-state index contributed by atoms with van der Waals surface area (Å²) in [5.74, 6) is 0.298. The minimum Gasteiger partial charge on any atom is -0.339 e. The van der Waals surface area contributed by atoms with Crippen molar-refractivity contribution in [2.24, 2.45) is 0 Å². The lowest BCUT2D eigenvalue weighted by Gasteiger charge is -2.06. The van der Waals surface area contributed by atoms with Crippen molar-refractivity contribution in [2.75, 3.05) is 5.32 Å². The predicted octanol–water partition coefficient (Wildman–Crippen LogP) is 2.16. The van der Waals surface area contributed by atoms with Gasteiger partial charge < -0.3 is 5.32 Å². The van der Waals surface area contributed by atoms with E-state index in [1.54, 1.807) is 24.3 Å². The molecule has 0 amide bonds. The molecule has 3 rings (SSSR count). The van der Waals surface area contributed by atoms with Crippen molar-refractivity contribution in [3.8, 4) is 0 Å². The van der Waals surface area contributed by atoms with Crippen LogP contribution in [0.2, 0.25) is 5.28 Å². The van der Waals surface area contributed by atoms with Crippen LogP contribution in [0.4, 0.5) is 11.5 Å². The zero-order valence-corrected chi connectivity index (χ0v) is 10.7. The Morgan fingerprint density at radius 3 is 2.89 bits per heavy atom. The van der Waals surface area contributed by atoms with E-state index in [1.807, 2.05) is 0 Å². The van der Waals surface area contributed by atoms with Crippen molar-refractivity contribution >= 4 is 32.9 Å². The number of aromatic nitrogens is 2. The minimum atomic E-state index is -3.39. The highest BCUT2D eigenvalue weighted by Crippen LogP contribution is 2.33. The Kier molecular flexibility index (Phi) is 2.49. The van der Waals surface area contributed by atoms with E-state index in [0.29, 0.717) is 17.1 Å². The molecule has 0 fully saturated rings. The van der Waals surface area contributed by atoms with E-state index in [2.05, 4.69) is 15.3 Å². The molecule has 0 unspecified atom stereocenters. The molecule has 0 atom stereocenters. The molecule has 7 heteroatoms. The van der Waals surface area contributed by atoms with Crippen molar-refractivity contribution in [2.45, 2.75) is 10.6 Å². The molecule has 1 N–H and O–H groups in total. The summed E-state index contributed by atoms with van der Waals surface area (Å²) in [5, 5.41) is 3.07. The lowest BCUT2D eigenvalue weighted by molar-refractivity contribution is 0.596. The van der Waals surface area contributed by atoms with Gasteiger partial charge in [-0.2, -0.15) is 0 Å². The molecule has 0 spiro atoms. The lowest BCUT2D eigenvalue weighted by Crippen LogP contribution is -2.04. The number of fused-ring (bicyclic) bond motifs is 2. The van der Waals surface area contributed by atoms with Crippen LogP contribution in [0, 0.1) is 0 Å². The first kappa shape index (κ1) is 11.4. The highest BCUT2D eigenvalue weighted by Gasteiger charge is 2.25. The van der Waals surface area contributed by atoms with Crippen molar-refractivity contribution in [3.05, 3.63) is 41.3 Å². The SMILES string of the molecule is O=S1(=O)Cc2cnc(Cl)nc2Nc2ccccc21. The zero-order valence-electron chi connectivity index (χ0n) is 9.09. The largest absolute Gasteiger partial charge is 0.339 e. The number of benzene rings is 1. The quantitative estimate of drug-likeness (QED) is 0.749. The lowest BCUT2D eigenvalue weighted by atomic mass is 10.3. The Balaban J connectivity index is 2.27. The van der Waals surface area contributed by atoms with E-state index in [1.165, 1.54) is 6.20 Å². The van der Waals surface area contributed by atoms with Crippen LogP contribution in [0.25, 0.3) is 0 Å². The maximum absolute atomic E-state index is 12.2. The summed E-state index contributed by atoms with van der Waals surface area (Å²) >= 11 is 5.72. The van der Waals surface area contributed by atoms with Gasteiger partial charge in [0.15, 0.2) is 9.84 Å². The van der Waals surface area contributed by atoms with E-state index in [9.17, 15) is 8.42 Å². The van der Waals surface area contributed by atoms with Crippen LogP contribution in [-0.4, -0.2) is 18.4 Å². The van der Waals surface area contributed by atoms with Crippen molar-refractivity contribution in [1.82, 2.24) is 9.97 Å². The van der Waals surface area contributed by atoms with Gasteiger partial charge in [-0.1, -0.05) is 12.1 Å². The van der Waals surface area contributed by atoms with Gasteiger partial charge in [0.25, 0.3) is 0 Å². The normalized spacial score (nSPS) is 16.1. The average Bonchev–Trinajstić information content (AvgIpc) is 2.43. The second-order valence-electron chi connectivity index (χ2n) is 3.89. The number of halogens is 1. The zero-order chi connectivity index (χ0) is 12.8. The summed E-state index contributed by atoms with van der Waals surface area (Å²) in [4.78, 5) is 8.09. The smallest absolute Gasteiger partial charge is 0.224 e. The number of anilines is 2. The maximum Gasteiger partial charge on any atom is 0.224 e. The fraction of sp³-hybridized carbons (Fsp3) is 0.0909. The van der Waals surface area contributed by atoms with Gasteiger partial charge in [0.05, 0.1) is 16.3 Å². The van der Waals surface area contributed by atoms with E-state index >= 15 is 0 Å². The topological polar surface area (TPSA) is 72.0 Å². The molecule has 0 bridgehead atoms. The first-order valence-electron chi connectivity index (χ1n) is 5.16. The van der Waals surface area contributed by atoms with E-state index < -0.39 is 9.84 Å². The molecule has 1 aromatic carbocycles. The van der Waals surface area contributed by atoms with Crippen LogP contribution in [-0.2, 0) is 15.6 Å². The predicted molar refractivity (Wildman–Crippen MR) is 67.7 cm³/mol. The molecular weight excluding hydrogens is 274 g/mol. The molecule has 0 aliphatic carbocycles. The van der Waals surface area contributed by atoms with Gasteiger partial charge in [-0.15, -0.1) is 0 Å². The van der Waals surface area contributed by atoms with Crippen LogP contribution in [0.5, 0.6) is 0 Å². The van der Waals surface area contributed by atoms with E-state index in [4.69, 9.17) is 11.6 Å². The summed E-state index contributed by atoms with van der Waals surface area (Å²) < 4.78 is 24.4. The van der Waals surface area contributed by atoms with Crippen molar-refractivity contribution in [1.29, 1.82) is 0 Å². The number of sulfone groups is 1. The van der Waals surface area contributed by atoms with Crippen LogP contribution >= 0.6 is 11.6 Å². The van der Waals surface area contributed by atoms with Gasteiger partial charge in [0, 0.05) is 11.8 Å². The molecule has 0 saturated carbocycles. The highest BCUT2D eigenvalue weighted by molar-refractivity contribution is 7.90. The fourth-order valence-corrected chi connectivity index (χ4v) is 3.50. The number of hydrogen-bond donors (Lipinski definition) is 1. The molecule has 2 aromatic rings. The van der Waals surface area contributed by atoms with Gasteiger partial charge >= 0.3 is 0 Å². The van der Waals surface area contributed by atoms with Gasteiger partial charge in [-0.3, -0.25) is 0 Å². The molecule has 1 aliphatic heterocycles. The summed E-state index contributed by atoms with van der Waals surface area (Å²) in [6.45, 7) is 0. The minimum absolute atomic E-state index is 0.0815. The number of nitrogens with zero attached hydrogens (tertiary/aromatic N) is 2. The standard InChI is InChI=1S/C11H8ClN3O2S/c12-11-13-5-7-6-18(16,17)9-4-2-1-3-8(9)14-10(7)15-11/h1-5H,6H2,(H,13,14,15). The van der Waals surface area contributed by atoms with Gasteiger partial charge in [0.2, 0.25) is 5.28 Å². The molecule has 92 valence electrons. The molecule has 0 radical (unpaired) electrons.